The average molecular weight is 295 g/mol. The number of carbonyl (C=O) groups excluding carboxylic acids is 1. The van der Waals surface area contributed by atoms with Crippen LogP contribution < -0.4 is 0 Å². The summed E-state index contributed by atoms with van der Waals surface area (Å²) in [6, 6.07) is 7.25. The van der Waals surface area contributed by atoms with Crippen LogP contribution in [0.4, 0.5) is 0 Å². The highest BCUT2D eigenvalue weighted by molar-refractivity contribution is 9.10. The number of aliphatic carboxylic acids is 1. The van der Waals surface area contributed by atoms with E-state index in [1.54, 1.807) is 12.1 Å². The fourth-order valence-electron chi connectivity index (χ4n) is 1.30. The normalized spacial score (nSPS) is 10.2. The van der Waals surface area contributed by atoms with E-state index < -0.39 is 11.8 Å². The summed E-state index contributed by atoms with van der Waals surface area (Å²) in [5, 5.41) is 12.5. The number of halogens is 1. The van der Waals surface area contributed by atoms with E-state index >= 15 is 0 Å². The van der Waals surface area contributed by atoms with Gasteiger partial charge in [0.1, 0.15) is 0 Å². The summed E-state index contributed by atoms with van der Waals surface area (Å²) in [4.78, 5) is 21.7. The van der Waals surface area contributed by atoms with Crippen LogP contribution in [-0.4, -0.2) is 26.6 Å². The minimum absolute atomic E-state index is 0.0559. The Balaban J connectivity index is 2.33. The molecule has 0 unspecified atom stereocenters. The highest BCUT2D eigenvalue weighted by Gasteiger charge is 2.16. The Morgan fingerprint density at radius 1 is 1.24 bits per heavy atom. The van der Waals surface area contributed by atoms with Gasteiger partial charge in [-0.1, -0.05) is 15.9 Å². The molecule has 1 heterocycles. The molecule has 86 valence electrons. The van der Waals surface area contributed by atoms with Crippen molar-refractivity contribution in [1.29, 1.82) is 0 Å². The molecule has 1 aromatic carbocycles. The third-order valence-corrected chi connectivity index (χ3v) is 2.66. The number of nitrogens with zero attached hydrogens (tertiary/aromatic N) is 2. The predicted molar refractivity (Wildman–Crippen MR) is 63.2 cm³/mol. The summed E-state index contributed by atoms with van der Waals surface area (Å²) in [5.74, 6) is -2.45. The van der Waals surface area contributed by atoms with Gasteiger partial charge in [-0.05, 0) is 24.3 Å². The van der Waals surface area contributed by atoms with Crippen LogP contribution in [-0.2, 0) is 4.79 Å². The molecule has 0 atom stereocenters. The number of rotatable bonds is 3. The van der Waals surface area contributed by atoms with Gasteiger partial charge in [0.2, 0.25) is 0 Å². The summed E-state index contributed by atoms with van der Waals surface area (Å²) >= 11 is 3.30. The van der Waals surface area contributed by atoms with E-state index in [1.165, 1.54) is 17.1 Å². The standard InChI is InChI=1S/C11H7BrN2O3/c12-8-1-3-9(4-2-8)14-6-7(5-13-14)10(15)11(16)17/h1-6H,(H,16,17). The van der Waals surface area contributed by atoms with Gasteiger partial charge in [0.05, 0.1) is 17.4 Å². The summed E-state index contributed by atoms with van der Waals surface area (Å²) in [5.41, 5.74) is 0.804. The zero-order valence-electron chi connectivity index (χ0n) is 8.50. The average Bonchev–Trinajstić information content (AvgIpc) is 2.78. The van der Waals surface area contributed by atoms with Crippen molar-refractivity contribution in [2.75, 3.05) is 0 Å². The summed E-state index contributed by atoms with van der Waals surface area (Å²) < 4.78 is 2.37. The van der Waals surface area contributed by atoms with Crippen molar-refractivity contribution < 1.29 is 14.7 Å². The monoisotopic (exact) mass is 294 g/mol. The molecule has 1 aromatic heterocycles. The number of hydrogen-bond acceptors (Lipinski definition) is 3. The molecule has 0 saturated heterocycles. The molecule has 0 spiro atoms. The molecule has 2 aromatic rings. The molecule has 6 heteroatoms. The zero-order chi connectivity index (χ0) is 12.4. The molecule has 0 aliphatic heterocycles. The molecule has 0 fully saturated rings. The number of carboxylic acid groups (broad SMARTS) is 1. The molecular formula is C11H7BrN2O3. The van der Waals surface area contributed by atoms with E-state index in [9.17, 15) is 9.59 Å². The van der Waals surface area contributed by atoms with Crippen molar-refractivity contribution in [3.8, 4) is 5.69 Å². The Kier molecular flexibility index (Phi) is 3.06. The first-order chi connectivity index (χ1) is 8.08. The Hall–Kier alpha value is -1.95. The molecule has 0 saturated carbocycles. The molecule has 0 bridgehead atoms. The predicted octanol–water partition coefficient (Wildman–Crippen LogP) is 1.90. The number of aromatic nitrogens is 2. The van der Waals surface area contributed by atoms with Crippen LogP contribution in [0.2, 0.25) is 0 Å². The summed E-state index contributed by atoms with van der Waals surface area (Å²) in [6.07, 6.45) is 2.62. The van der Waals surface area contributed by atoms with Gasteiger partial charge in [-0.15, -0.1) is 0 Å². The van der Waals surface area contributed by atoms with Crippen LogP contribution >= 0.6 is 15.9 Å². The lowest BCUT2D eigenvalue weighted by Crippen LogP contribution is -2.11. The highest BCUT2D eigenvalue weighted by atomic mass is 79.9. The minimum Gasteiger partial charge on any atom is -0.475 e. The highest BCUT2D eigenvalue weighted by Crippen LogP contribution is 2.14. The van der Waals surface area contributed by atoms with Crippen molar-refractivity contribution in [3.05, 3.63) is 46.7 Å². The van der Waals surface area contributed by atoms with Crippen LogP contribution in [0.25, 0.3) is 5.69 Å². The van der Waals surface area contributed by atoms with Gasteiger partial charge in [0, 0.05) is 10.7 Å². The van der Waals surface area contributed by atoms with Crippen molar-refractivity contribution in [2.45, 2.75) is 0 Å². The molecule has 0 aliphatic rings. The van der Waals surface area contributed by atoms with E-state index in [4.69, 9.17) is 5.11 Å². The van der Waals surface area contributed by atoms with Gasteiger partial charge in [0.25, 0.3) is 5.78 Å². The van der Waals surface area contributed by atoms with Crippen molar-refractivity contribution in [3.63, 3.8) is 0 Å². The van der Waals surface area contributed by atoms with Crippen LogP contribution in [0.5, 0.6) is 0 Å². The fourth-order valence-corrected chi connectivity index (χ4v) is 1.56. The SMILES string of the molecule is O=C(O)C(=O)c1cnn(-c2ccc(Br)cc2)c1. The molecule has 0 amide bonds. The van der Waals surface area contributed by atoms with Gasteiger partial charge in [0.15, 0.2) is 0 Å². The molecular weight excluding hydrogens is 288 g/mol. The lowest BCUT2D eigenvalue weighted by atomic mass is 10.2. The van der Waals surface area contributed by atoms with Crippen LogP contribution in [0.3, 0.4) is 0 Å². The Bertz CT molecular complexity index is 575. The zero-order valence-corrected chi connectivity index (χ0v) is 10.1. The van der Waals surface area contributed by atoms with Gasteiger partial charge in [-0.2, -0.15) is 5.10 Å². The lowest BCUT2D eigenvalue weighted by molar-refractivity contribution is -0.131. The van der Waals surface area contributed by atoms with Gasteiger partial charge in [-0.3, -0.25) is 4.79 Å². The first-order valence-electron chi connectivity index (χ1n) is 4.66. The van der Waals surface area contributed by atoms with Crippen LogP contribution in [0, 0.1) is 0 Å². The van der Waals surface area contributed by atoms with Crippen molar-refractivity contribution >= 4 is 27.7 Å². The van der Waals surface area contributed by atoms with Crippen LogP contribution in [0.1, 0.15) is 10.4 Å². The Morgan fingerprint density at radius 2 is 1.88 bits per heavy atom. The third-order valence-electron chi connectivity index (χ3n) is 2.13. The van der Waals surface area contributed by atoms with E-state index in [-0.39, 0.29) is 5.56 Å². The fraction of sp³-hybridized carbons (Fsp3) is 0. The molecule has 0 radical (unpaired) electrons. The van der Waals surface area contributed by atoms with Gasteiger partial charge >= 0.3 is 5.97 Å². The second-order valence-electron chi connectivity index (χ2n) is 3.28. The Labute approximate surface area is 105 Å². The number of Topliss-reactive ketones (excluding diaryl/α,β-unsaturated/α-hetero) is 1. The maximum absolute atomic E-state index is 11.2. The van der Waals surface area contributed by atoms with Crippen LogP contribution in [0.15, 0.2) is 41.1 Å². The maximum Gasteiger partial charge on any atom is 0.377 e. The maximum atomic E-state index is 11.2. The molecule has 5 nitrogen and oxygen atoms in total. The second kappa shape index (κ2) is 4.50. The van der Waals surface area contributed by atoms with E-state index in [1.807, 2.05) is 12.1 Å². The molecule has 0 aliphatic carbocycles. The number of hydrogen-bond donors (Lipinski definition) is 1. The van der Waals surface area contributed by atoms with Crippen molar-refractivity contribution in [1.82, 2.24) is 9.78 Å². The first kappa shape index (κ1) is 11.5. The Morgan fingerprint density at radius 3 is 2.47 bits per heavy atom. The first-order valence-corrected chi connectivity index (χ1v) is 5.45. The molecule has 17 heavy (non-hydrogen) atoms. The van der Waals surface area contributed by atoms with Gasteiger partial charge < -0.3 is 5.11 Å². The molecule has 2 rings (SSSR count). The number of ketones is 1. The van der Waals surface area contributed by atoms with E-state index in [0.717, 1.165) is 10.2 Å². The number of carboxylic acids is 1. The summed E-state index contributed by atoms with van der Waals surface area (Å²) in [7, 11) is 0. The molecule has 1 N–H and O–H groups in total. The summed E-state index contributed by atoms with van der Waals surface area (Å²) in [6.45, 7) is 0. The largest absolute Gasteiger partial charge is 0.475 e. The van der Waals surface area contributed by atoms with Gasteiger partial charge in [-0.25, -0.2) is 9.48 Å². The third kappa shape index (κ3) is 2.42. The lowest BCUT2D eigenvalue weighted by Gasteiger charge is -1.99. The van der Waals surface area contributed by atoms with Crippen molar-refractivity contribution in [2.24, 2.45) is 0 Å². The topological polar surface area (TPSA) is 72.2 Å². The second-order valence-corrected chi connectivity index (χ2v) is 4.20. The minimum atomic E-state index is -1.49. The quantitative estimate of drug-likeness (QED) is 0.693. The number of benzene rings is 1. The van der Waals surface area contributed by atoms with E-state index in [2.05, 4.69) is 21.0 Å². The smallest absolute Gasteiger partial charge is 0.377 e. The number of carbonyl (C=O) groups is 2. The van der Waals surface area contributed by atoms with E-state index in [0.29, 0.717) is 0 Å².